The number of halogens is 1. The van der Waals surface area contributed by atoms with Gasteiger partial charge in [0.15, 0.2) is 5.69 Å². The van der Waals surface area contributed by atoms with E-state index in [9.17, 15) is 4.79 Å². The van der Waals surface area contributed by atoms with Crippen molar-refractivity contribution in [2.45, 2.75) is 27.4 Å². The number of rotatable bonds is 5. The molecule has 0 spiro atoms. The number of aryl methyl sites for hydroxylation is 4. The molecule has 0 radical (unpaired) electrons. The lowest BCUT2D eigenvalue weighted by atomic mass is 10.1. The molecule has 0 aliphatic carbocycles. The average molecular weight is 425 g/mol. The molecule has 2 heterocycles. The highest BCUT2D eigenvalue weighted by atomic mass is 35.5. The molecule has 0 saturated heterocycles. The van der Waals surface area contributed by atoms with E-state index in [1.807, 2.05) is 49.8 Å². The van der Waals surface area contributed by atoms with Crippen molar-refractivity contribution in [1.29, 1.82) is 0 Å². The Balaban J connectivity index is 1.61. The van der Waals surface area contributed by atoms with Crippen LogP contribution in [0.1, 0.15) is 22.4 Å². The Morgan fingerprint density at radius 2 is 1.93 bits per heavy atom. The van der Waals surface area contributed by atoms with Crippen LogP contribution in [0.3, 0.4) is 0 Å². The molecule has 0 unspecified atom stereocenters. The van der Waals surface area contributed by atoms with Crippen LogP contribution in [0.15, 0.2) is 52.0 Å². The Kier molecular flexibility index (Phi) is 5.22. The van der Waals surface area contributed by atoms with Crippen LogP contribution in [0.2, 0.25) is 5.02 Å². The lowest BCUT2D eigenvalue weighted by Gasteiger charge is -2.13. The zero-order valence-electron chi connectivity index (χ0n) is 17.1. The van der Waals surface area contributed by atoms with E-state index in [0.717, 1.165) is 33.0 Å². The van der Waals surface area contributed by atoms with Gasteiger partial charge in [0, 0.05) is 22.3 Å². The number of aromatic nitrogens is 4. The second kappa shape index (κ2) is 7.84. The third-order valence-electron chi connectivity index (χ3n) is 5.06. The molecule has 2 aromatic carbocycles. The van der Waals surface area contributed by atoms with Gasteiger partial charge in [-0.3, -0.25) is 9.42 Å². The molecule has 0 atom stereocenters. The molecule has 0 fully saturated rings. The molecule has 0 amide bonds. The van der Waals surface area contributed by atoms with E-state index in [2.05, 4.69) is 10.3 Å². The third kappa shape index (κ3) is 3.64. The van der Waals surface area contributed by atoms with Crippen molar-refractivity contribution >= 4 is 11.6 Å². The van der Waals surface area contributed by atoms with Crippen molar-refractivity contribution in [3.63, 3.8) is 0 Å². The summed E-state index contributed by atoms with van der Waals surface area (Å²) in [5.41, 5.74) is 5.20. The highest BCUT2D eigenvalue weighted by Gasteiger charge is 2.17. The predicted molar refractivity (Wildman–Crippen MR) is 114 cm³/mol. The lowest BCUT2D eigenvalue weighted by Crippen LogP contribution is -2.12. The Hall–Kier alpha value is -3.32. The molecule has 4 rings (SSSR count). The molecule has 154 valence electrons. The first-order chi connectivity index (χ1) is 14.3. The zero-order valence-corrected chi connectivity index (χ0v) is 17.9. The summed E-state index contributed by atoms with van der Waals surface area (Å²) >= 11 is 6.41. The van der Waals surface area contributed by atoms with E-state index in [1.54, 1.807) is 18.2 Å². The second-order valence-corrected chi connectivity index (χ2v) is 7.58. The van der Waals surface area contributed by atoms with Gasteiger partial charge < -0.3 is 4.74 Å². The Morgan fingerprint density at radius 1 is 1.13 bits per heavy atom. The minimum Gasteiger partial charge on any atom is -0.489 e. The Bertz CT molecular complexity index is 1270. The average Bonchev–Trinajstić information content (AvgIpc) is 3.23. The fourth-order valence-electron chi connectivity index (χ4n) is 3.19. The van der Waals surface area contributed by atoms with Crippen molar-refractivity contribution in [1.82, 2.24) is 19.7 Å². The predicted octanol–water partition coefficient (Wildman–Crippen LogP) is 4.38. The topological polar surface area (TPSA) is 75.1 Å². The highest BCUT2D eigenvalue weighted by molar-refractivity contribution is 6.31. The van der Waals surface area contributed by atoms with Crippen molar-refractivity contribution in [3.8, 4) is 22.7 Å². The summed E-state index contributed by atoms with van der Waals surface area (Å²) in [6.07, 6.45) is 2.00. The van der Waals surface area contributed by atoms with Crippen molar-refractivity contribution < 1.29 is 9.37 Å². The summed E-state index contributed by atoms with van der Waals surface area (Å²) in [4.78, 5) is 12.3. The van der Waals surface area contributed by atoms with Crippen LogP contribution in [0.25, 0.3) is 16.9 Å². The monoisotopic (exact) mass is 424 g/mol. The van der Waals surface area contributed by atoms with Crippen LogP contribution >= 0.6 is 11.6 Å². The summed E-state index contributed by atoms with van der Waals surface area (Å²) in [5.74, 6) is 0.721. The van der Waals surface area contributed by atoms with Gasteiger partial charge in [-0.05, 0) is 61.3 Å². The molecule has 2 aromatic heterocycles. The molecule has 0 N–H and O–H groups in total. The summed E-state index contributed by atoms with van der Waals surface area (Å²) in [6.45, 7) is 6.18. The maximum absolute atomic E-state index is 12.3. The van der Waals surface area contributed by atoms with Crippen LogP contribution < -0.4 is 10.3 Å². The fourth-order valence-corrected chi connectivity index (χ4v) is 3.41. The normalized spacial score (nSPS) is 11.1. The van der Waals surface area contributed by atoms with Crippen molar-refractivity contribution in [2.75, 3.05) is 0 Å². The summed E-state index contributed by atoms with van der Waals surface area (Å²) in [6, 6.07) is 11.2. The smallest absolute Gasteiger partial charge is 0.310 e. The van der Waals surface area contributed by atoms with Gasteiger partial charge in [0.2, 0.25) is 0 Å². The van der Waals surface area contributed by atoms with Gasteiger partial charge in [-0.1, -0.05) is 23.7 Å². The number of benzene rings is 2. The van der Waals surface area contributed by atoms with E-state index in [1.165, 1.54) is 7.05 Å². The quantitative estimate of drug-likeness (QED) is 0.475. The molecule has 0 aliphatic rings. The zero-order chi connectivity index (χ0) is 21.4. The fraction of sp³-hybridized carbons (Fsp3) is 0.227. The van der Waals surface area contributed by atoms with Crippen molar-refractivity contribution in [3.05, 3.63) is 80.4 Å². The first-order valence-electron chi connectivity index (χ1n) is 9.43. The first kappa shape index (κ1) is 20.0. The van der Waals surface area contributed by atoms with Gasteiger partial charge in [0.25, 0.3) is 0 Å². The molecule has 0 aliphatic heterocycles. The largest absolute Gasteiger partial charge is 0.489 e. The second-order valence-electron chi connectivity index (χ2n) is 7.17. The minimum atomic E-state index is -0.330. The number of nitrogens with zero attached hydrogens (tertiary/aromatic N) is 4. The molecule has 7 nitrogen and oxygen atoms in total. The molecule has 8 heteroatoms. The van der Waals surface area contributed by atoms with E-state index < -0.39 is 0 Å². The molecular weight excluding hydrogens is 404 g/mol. The number of hydrogen-bond acceptors (Lipinski definition) is 5. The van der Waals surface area contributed by atoms with Gasteiger partial charge in [0.1, 0.15) is 12.4 Å². The molecule has 0 bridgehead atoms. The molecule has 4 aromatic rings. The van der Waals surface area contributed by atoms with Crippen LogP contribution in [0.4, 0.5) is 0 Å². The molecule has 0 saturated carbocycles. The summed E-state index contributed by atoms with van der Waals surface area (Å²) in [5, 5.41) is 8.88. The van der Waals surface area contributed by atoms with Gasteiger partial charge >= 0.3 is 5.56 Å². The van der Waals surface area contributed by atoms with Crippen LogP contribution in [0, 0.1) is 20.8 Å². The van der Waals surface area contributed by atoms with Crippen molar-refractivity contribution in [2.24, 2.45) is 7.05 Å². The lowest BCUT2D eigenvalue weighted by molar-refractivity contribution is 0.216. The summed E-state index contributed by atoms with van der Waals surface area (Å²) < 4.78 is 13.9. The standard InChI is InChI=1S/C22H21ClN4O3/c1-13-10-16(27-11-14(2)15(3)24-27)8-9-20(13)29-12-18-17(6-5-7-19(18)23)21-22(28)26(4)30-25-21/h5-11H,12H2,1-4H3. The van der Waals surface area contributed by atoms with E-state index >= 15 is 0 Å². The maximum atomic E-state index is 12.3. The van der Waals surface area contributed by atoms with Crippen LogP contribution in [-0.4, -0.2) is 19.7 Å². The Labute approximate surface area is 178 Å². The maximum Gasteiger partial charge on any atom is 0.310 e. The molecule has 30 heavy (non-hydrogen) atoms. The minimum absolute atomic E-state index is 0.186. The van der Waals surface area contributed by atoms with E-state index in [-0.39, 0.29) is 17.9 Å². The first-order valence-corrected chi connectivity index (χ1v) is 9.80. The third-order valence-corrected chi connectivity index (χ3v) is 5.41. The van der Waals surface area contributed by atoms with Crippen LogP contribution in [0.5, 0.6) is 5.75 Å². The Morgan fingerprint density at radius 3 is 2.57 bits per heavy atom. The van der Waals surface area contributed by atoms with Gasteiger partial charge in [-0.2, -0.15) is 5.10 Å². The highest BCUT2D eigenvalue weighted by Crippen LogP contribution is 2.29. The summed E-state index contributed by atoms with van der Waals surface area (Å²) in [7, 11) is 1.51. The van der Waals surface area contributed by atoms with Gasteiger partial charge in [-0.15, -0.1) is 4.74 Å². The SMILES string of the molecule is Cc1cc(-n2cc(C)c(C)n2)ccc1OCc1c(Cl)cccc1-c1non(C)c1=O. The van der Waals surface area contributed by atoms with E-state index in [0.29, 0.717) is 16.1 Å². The molecular formula is C22H21ClN4O3. The van der Waals surface area contributed by atoms with Gasteiger partial charge in [-0.25, -0.2) is 4.68 Å². The number of ether oxygens (including phenoxy) is 1. The van der Waals surface area contributed by atoms with E-state index in [4.69, 9.17) is 21.0 Å². The number of hydrogen-bond donors (Lipinski definition) is 0. The van der Waals surface area contributed by atoms with Gasteiger partial charge in [0.05, 0.1) is 18.4 Å². The van der Waals surface area contributed by atoms with Crippen LogP contribution in [-0.2, 0) is 13.7 Å².